The second kappa shape index (κ2) is 10.9. The normalized spacial score (nSPS) is 15.6. The van der Waals surface area contributed by atoms with Crippen LogP contribution in [-0.4, -0.2) is 36.9 Å². The van der Waals surface area contributed by atoms with E-state index in [1.807, 2.05) is 23.1 Å². The SMILES string of the molecule is C[C@@H](NCCC1CN(c2cccc(OCC(=O)O)c2)c2cccc(F)c2O1)c1cccc2ccccc12. The fraction of sp³-hybridized carbons (Fsp3) is 0.233. The number of carbonyl (C=O) groups is 1. The van der Waals surface area contributed by atoms with Gasteiger partial charge in [0.2, 0.25) is 0 Å². The molecule has 0 aromatic heterocycles. The molecule has 190 valence electrons. The molecule has 4 aromatic rings. The first-order valence-corrected chi connectivity index (χ1v) is 12.4. The van der Waals surface area contributed by atoms with Gasteiger partial charge in [0, 0.05) is 17.8 Å². The van der Waals surface area contributed by atoms with E-state index in [4.69, 9.17) is 14.6 Å². The molecule has 0 amide bonds. The number of halogens is 1. The van der Waals surface area contributed by atoms with Crippen molar-refractivity contribution < 1.29 is 23.8 Å². The summed E-state index contributed by atoms with van der Waals surface area (Å²) in [5.41, 5.74) is 2.64. The summed E-state index contributed by atoms with van der Waals surface area (Å²) in [4.78, 5) is 12.9. The summed E-state index contributed by atoms with van der Waals surface area (Å²) in [6.07, 6.45) is 0.425. The molecular formula is C30H29FN2O4. The molecule has 0 saturated heterocycles. The van der Waals surface area contributed by atoms with E-state index in [2.05, 4.69) is 48.6 Å². The van der Waals surface area contributed by atoms with Gasteiger partial charge >= 0.3 is 5.97 Å². The zero-order chi connectivity index (χ0) is 25.8. The topological polar surface area (TPSA) is 71.0 Å². The number of fused-ring (bicyclic) bond motifs is 2. The van der Waals surface area contributed by atoms with Gasteiger partial charge in [0.05, 0.1) is 12.2 Å². The lowest BCUT2D eigenvalue weighted by molar-refractivity contribution is -0.139. The first-order chi connectivity index (χ1) is 18.0. The molecule has 4 aromatic carbocycles. The summed E-state index contributed by atoms with van der Waals surface area (Å²) in [7, 11) is 0. The van der Waals surface area contributed by atoms with Crippen LogP contribution in [0.15, 0.2) is 84.9 Å². The number of benzene rings is 4. The summed E-state index contributed by atoms with van der Waals surface area (Å²) in [5, 5.41) is 15.0. The van der Waals surface area contributed by atoms with Crippen molar-refractivity contribution >= 4 is 28.1 Å². The minimum absolute atomic E-state index is 0.137. The van der Waals surface area contributed by atoms with E-state index in [9.17, 15) is 9.18 Å². The van der Waals surface area contributed by atoms with E-state index in [-0.39, 0.29) is 17.9 Å². The third-order valence-electron chi connectivity index (χ3n) is 6.61. The Morgan fingerprint density at radius 3 is 2.76 bits per heavy atom. The molecule has 0 aliphatic carbocycles. The number of nitrogens with one attached hydrogen (secondary N) is 1. The van der Waals surface area contributed by atoms with Gasteiger partial charge in [0.25, 0.3) is 0 Å². The molecule has 1 heterocycles. The molecule has 0 spiro atoms. The highest BCUT2D eigenvalue weighted by Crippen LogP contribution is 2.41. The van der Waals surface area contributed by atoms with Crippen molar-refractivity contribution in [2.24, 2.45) is 0 Å². The lowest BCUT2D eigenvalue weighted by Crippen LogP contribution is -2.39. The highest BCUT2D eigenvalue weighted by atomic mass is 19.1. The van der Waals surface area contributed by atoms with E-state index >= 15 is 0 Å². The number of ether oxygens (including phenoxy) is 2. The second-order valence-electron chi connectivity index (χ2n) is 9.15. The van der Waals surface area contributed by atoms with Crippen LogP contribution in [0.25, 0.3) is 10.8 Å². The van der Waals surface area contributed by atoms with Crippen molar-refractivity contribution in [1.29, 1.82) is 0 Å². The monoisotopic (exact) mass is 500 g/mol. The van der Waals surface area contributed by atoms with Crippen molar-refractivity contribution in [3.05, 3.63) is 96.3 Å². The molecule has 0 bridgehead atoms. The molecule has 1 unspecified atom stereocenters. The van der Waals surface area contributed by atoms with Crippen LogP contribution in [0.2, 0.25) is 0 Å². The van der Waals surface area contributed by atoms with Crippen LogP contribution in [0.3, 0.4) is 0 Å². The number of carboxylic acids is 1. The fourth-order valence-electron chi connectivity index (χ4n) is 4.81. The van der Waals surface area contributed by atoms with Crippen LogP contribution in [0.1, 0.15) is 24.9 Å². The Balaban J connectivity index is 1.31. The molecule has 1 aliphatic heterocycles. The van der Waals surface area contributed by atoms with Crippen molar-refractivity contribution in [3.8, 4) is 11.5 Å². The Hall–Kier alpha value is -4.10. The van der Waals surface area contributed by atoms with E-state index in [1.54, 1.807) is 24.3 Å². The maximum Gasteiger partial charge on any atom is 0.341 e. The number of carboxylic acid groups (broad SMARTS) is 1. The van der Waals surface area contributed by atoms with E-state index in [1.165, 1.54) is 22.4 Å². The van der Waals surface area contributed by atoms with Gasteiger partial charge in [-0.05, 0) is 60.5 Å². The number of rotatable bonds is 9. The Kier molecular flexibility index (Phi) is 7.23. The van der Waals surface area contributed by atoms with Crippen LogP contribution in [0.5, 0.6) is 11.5 Å². The number of hydrogen-bond acceptors (Lipinski definition) is 5. The van der Waals surface area contributed by atoms with Crippen LogP contribution >= 0.6 is 0 Å². The third kappa shape index (κ3) is 5.52. The molecule has 0 fully saturated rings. The molecule has 2 N–H and O–H groups in total. The first-order valence-electron chi connectivity index (χ1n) is 12.4. The van der Waals surface area contributed by atoms with Gasteiger partial charge in [-0.15, -0.1) is 0 Å². The Labute approximate surface area is 215 Å². The highest BCUT2D eigenvalue weighted by Gasteiger charge is 2.29. The molecule has 0 saturated carbocycles. The summed E-state index contributed by atoms with van der Waals surface area (Å²) >= 11 is 0. The summed E-state index contributed by atoms with van der Waals surface area (Å²) in [6, 6.07) is 26.8. The summed E-state index contributed by atoms with van der Waals surface area (Å²) in [6.45, 7) is 2.92. The molecule has 0 radical (unpaired) electrons. The average Bonchev–Trinajstić information content (AvgIpc) is 2.92. The zero-order valence-electron chi connectivity index (χ0n) is 20.6. The molecule has 6 nitrogen and oxygen atoms in total. The van der Waals surface area contributed by atoms with Gasteiger partial charge in [0.1, 0.15) is 11.9 Å². The Bertz CT molecular complexity index is 1400. The van der Waals surface area contributed by atoms with Crippen molar-refractivity contribution in [1.82, 2.24) is 5.32 Å². The standard InChI is InChI=1S/C30H29FN2O4/c1-20(25-12-4-8-21-7-2-3-11-26(21)25)32-16-15-24-18-33(28-14-6-13-27(31)30(28)37-24)22-9-5-10-23(17-22)36-19-29(34)35/h2-14,17,20,24,32H,15-16,18-19H2,1H3,(H,34,35)/t20-,24?/m1/s1. The minimum Gasteiger partial charge on any atom is -0.483 e. The molecule has 1 aliphatic rings. The van der Waals surface area contributed by atoms with Crippen molar-refractivity contribution in [2.45, 2.75) is 25.5 Å². The van der Waals surface area contributed by atoms with Gasteiger partial charge < -0.3 is 24.8 Å². The average molecular weight is 501 g/mol. The van der Waals surface area contributed by atoms with E-state index < -0.39 is 18.4 Å². The molecule has 7 heteroatoms. The Morgan fingerprint density at radius 2 is 1.89 bits per heavy atom. The second-order valence-corrected chi connectivity index (χ2v) is 9.15. The number of para-hydroxylation sites is 1. The highest BCUT2D eigenvalue weighted by molar-refractivity contribution is 5.86. The first kappa shape index (κ1) is 24.6. The molecule has 2 atom stereocenters. The smallest absolute Gasteiger partial charge is 0.341 e. The predicted molar refractivity (Wildman–Crippen MR) is 142 cm³/mol. The lowest BCUT2D eigenvalue weighted by atomic mass is 9.99. The quantitative estimate of drug-likeness (QED) is 0.290. The number of hydrogen-bond donors (Lipinski definition) is 2. The number of aliphatic carboxylic acids is 1. The van der Waals surface area contributed by atoms with Crippen LogP contribution in [0, 0.1) is 5.82 Å². The van der Waals surface area contributed by atoms with E-state index in [0.29, 0.717) is 30.9 Å². The number of anilines is 2. The maximum absolute atomic E-state index is 14.8. The Morgan fingerprint density at radius 1 is 1.11 bits per heavy atom. The predicted octanol–water partition coefficient (Wildman–Crippen LogP) is 6.08. The molecular weight excluding hydrogens is 471 g/mol. The van der Waals surface area contributed by atoms with Crippen LogP contribution in [0.4, 0.5) is 15.8 Å². The van der Waals surface area contributed by atoms with Crippen molar-refractivity contribution in [3.63, 3.8) is 0 Å². The van der Waals surface area contributed by atoms with E-state index in [0.717, 1.165) is 5.69 Å². The van der Waals surface area contributed by atoms with Gasteiger partial charge in [-0.1, -0.05) is 54.6 Å². The van der Waals surface area contributed by atoms with Crippen LogP contribution in [-0.2, 0) is 4.79 Å². The fourth-order valence-corrected chi connectivity index (χ4v) is 4.81. The lowest BCUT2D eigenvalue weighted by Gasteiger charge is -2.36. The summed E-state index contributed by atoms with van der Waals surface area (Å²) in [5.74, 6) is -0.804. The molecule has 5 rings (SSSR count). The maximum atomic E-state index is 14.8. The zero-order valence-corrected chi connectivity index (χ0v) is 20.6. The number of nitrogens with zero attached hydrogens (tertiary/aromatic N) is 1. The largest absolute Gasteiger partial charge is 0.483 e. The third-order valence-corrected chi connectivity index (χ3v) is 6.61. The van der Waals surface area contributed by atoms with Gasteiger partial charge in [0.15, 0.2) is 18.2 Å². The minimum atomic E-state index is -1.05. The molecule has 37 heavy (non-hydrogen) atoms. The summed E-state index contributed by atoms with van der Waals surface area (Å²) < 4.78 is 26.3. The van der Waals surface area contributed by atoms with Gasteiger partial charge in [-0.3, -0.25) is 0 Å². The van der Waals surface area contributed by atoms with Crippen molar-refractivity contribution in [2.75, 3.05) is 24.6 Å². The van der Waals surface area contributed by atoms with Gasteiger partial charge in [-0.25, -0.2) is 9.18 Å². The van der Waals surface area contributed by atoms with Gasteiger partial charge in [-0.2, -0.15) is 0 Å². The van der Waals surface area contributed by atoms with Crippen LogP contribution < -0.4 is 19.7 Å².